The molecule has 6 heteroatoms. The quantitative estimate of drug-likeness (QED) is 0.136. The molecule has 2 fully saturated rings. The molecule has 0 saturated heterocycles. The minimum atomic E-state index is -0.670. The molecule has 4 rings (SSSR count). The van der Waals surface area contributed by atoms with Gasteiger partial charge in [-0.25, -0.2) is 9.59 Å². The number of hydrogen-bond acceptors (Lipinski definition) is 4. The van der Waals surface area contributed by atoms with E-state index in [1.807, 2.05) is 0 Å². The first-order valence-corrected chi connectivity index (χ1v) is 20.0. The van der Waals surface area contributed by atoms with Crippen LogP contribution in [0, 0.1) is 11.8 Å². The molecule has 0 unspecified atom stereocenters. The van der Waals surface area contributed by atoms with Crippen LogP contribution in [0.15, 0.2) is 48.5 Å². The third-order valence-electron chi connectivity index (χ3n) is 11.7. The third kappa shape index (κ3) is 11.0. The minimum absolute atomic E-state index is 0.122. The van der Waals surface area contributed by atoms with Gasteiger partial charge in [-0.1, -0.05) is 127 Å². The normalized spacial score (nSPS) is 21.3. The molecular weight excluding hydrogens is 608 g/mol. The lowest BCUT2D eigenvalue weighted by Crippen LogP contribution is -2.49. The van der Waals surface area contributed by atoms with Crippen LogP contribution in [0.25, 0.3) is 0 Å². The van der Waals surface area contributed by atoms with Gasteiger partial charge in [0, 0.05) is 5.41 Å². The maximum Gasteiger partial charge on any atom is 0.404 e. The zero-order chi connectivity index (χ0) is 34.9. The average molecular weight is 675 g/mol. The molecule has 0 bridgehead atoms. The molecule has 0 aliphatic heterocycles. The monoisotopic (exact) mass is 675 g/mol. The molecule has 6 nitrogen and oxygen atoms in total. The zero-order valence-electron chi connectivity index (χ0n) is 30.8. The summed E-state index contributed by atoms with van der Waals surface area (Å²) in [5.41, 5.74) is 16.8. The summed E-state index contributed by atoms with van der Waals surface area (Å²) in [6.45, 7) is 4.56. The summed E-state index contributed by atoms with van der Waals surface area (Å²) in [5, 5.41) is 0. The Morgan fingerprint density at radius 3 is 1.27 bits per heavy atom. The Kier molecular flexibility index (Phi) is 16.3. The Hall–Kier alpha value is -3.02. The van der Waals surface area contributed by atoms with Crippen molar-refractivity contribution in [1.29, 1.82) is 0 Å². The number of carbonyl (C=O) groups is 2. The largest absolute Gasteiger partial charge is 0.446 e. The van der Waals surface area contributed by atoms with Crippen LogP contribution < -0.4 is 11.5 Å². The van der Waals surface area contributed by atoms with Crippen molar-refractivity contribution < 1.29 is 19.1 Å². The molecule has 2 aliphatic rings. The lowest BCUT2D eigenvalue weighted by Gasteiger charge is -2.53. The summed E-state index contributed by atoms with van der Waals surface area (Å²) in [6.07, 6.45) is 23.2. The fraction of sp³-hybridized carbons (Fsp3) is 0.674. The fourth-order valence-electron chi connectivity index (χ4n) is 9.43. The van der Waals surface area contributed by atoms with E-state index in [9.17, 15) is 9.59 Å². The number of unbranched alkanes of at least 4 members (excludes halogenated alkanes) is 10. The summed E-state index contributed by atoms with van der Waals surface area (Å²) >= 11 is 0. The van der Waals surface area contributed by atoms with E-state index in [0.29, 0.717) is 11.8 Å². The van der Waals surface area contributed by atoms with Gasteiger partial charge in [-0.15, -0.1) is 0 Å². The van der Waals surface area contributed by atoms with Crippen molar-refractivity contribution in [3.63, 3.8) is 0 Å². The maximum absolute atomic E-state index is 11.8. The smallest absolute Gasteiger partial charge is 0.404 e. The Bertz CT molecular complexity index is 1160. The molecule has 2 aromatic rings. The van der Waals surface area contributed by atoms with Gasteiger partial charge in [0.1, 0.15) is 12.2 Å². The van der Waals surface area contributed by atoms with Crippen molar-refractivity contribution in [1.82, 2.24) is 0 Å². The average Bonchev–Trinajstić information content (AvgIpc) is 3.10. The van der Waals surface area contributed by atoms with E-state index >= 15 is 0 Å². The lowest BCUT2D eigenvalue weighted by molar-refractivity contribution is 0.0274. The van der Waals surface area contributed by atoms with Crippen LogP contribution in [0.2, 0.25) is 0 Å². The van der Waals surface area contributed by atoms with Gasteiger partial charge in [0.25, 0.3) is 0 Å². The summed E-state index contributed by atoms with van der Waals surface area (Å²) < 4.78 is 11.1. The SMILES string of the molecule is CCCCCCCCc1ccccc1C(c1ccccc1CCCCCCCC)(C1CCC(OC(N)=O)CC1)C1CCC(OC(N)=O)CC1. The summed E-state index contributed by atoms with van der Waals surface area (Å²) in [4.78, 5) is 23.5. The second-order valence-electron chi connectivity index (χ2n) is 15.0. The van der Waals surface area contributed by atoms with Gasteiger partial charge in [-0.2, -0.15) is 0 Å². The highest BCUT2D eigenvalue weighted by Gasteiger charge is 2.51. The number of carbonyl (C=O) groups excluding carboxylic acids is 2. The van der Waals surface area contributed by atoms with Crippen LogP contribution in [0.3, 0.4) is 0 Å². The van der Waals surface area contributed by atoms with Crippen molar-refractivity contribution in [3.05, 3.63) is 70.8 Å². The Morgan fingerprint density at radius 1 is 0.551 bits per heavy atom. The second-order valence-corrected chi connectivity index (χ2v) is 15.0. The topological polar surface area (TPSA) is 105 Å². The zero-order valence-corrected chi connectivity index (χ0v) is 30.8. The Balaban J connectivity index is 1.78. The number of rotatable bonds is 20. The molecule has 0 heterocycles. The van der Waals surface area contributed by atoms with Gasteiger partial charge < -0.3 is 20.9 Å². The van der Waals surface area contributed by atoms with Gasteiger partial charge >= 0.3 is 12.2 Å². The van der Waals surface area contributed by atoms with Crippen LogP contribution >= 0.6 is 0 Å². The van der Waals surface area contributed by atoms with Crippen LogP contribution in [0.5, 0.6) is 0 Å². The van der Waals surface area contributed by atoms with Crippen LogP contribution in [0.1, 0.15) is 165 Å². The number of benzene rings is 2. The number of hydrogen-bond donors (Lipinski definition) is 2. The molecule has 49 heavy (non-hydrogen) atoms. The van der Waals surface area contributed by atoms with Gasteiger partial charge in [-0.3, -0.25) is 0 Å². The lowest BCUT2D eigenvalue weighted by atomic mass is 9.51. The standard InChI is InChI=1S/C43H66N2O4/c1-3-5-7-9-11-13-19-33-21-15-17-23-39(33)43(35-25-29-37(30-26-35)48-41(44)46,36-27-31-38(32-28-36)49-42(45)47)40-24-18-16-22-34(40)20-14-12-10-8-6-4-2/h15-18,21-24,35-38H,3-14,19-20,25-32H2,1-2H3,(H2,44,46)(H2,45,47). The highest BCUT2D eigenvalue weighted by molar-refractivity contribution is 5.65. The Morgan fingerprint density at radius 2 is 0.898 bits per heavy atom. The van der Waals surface area contributed by atoms with Crippen LogP contribution in [0.4, 0.5) is 9.59 Å². The molecule has 2 amide bonds. The van der Waals surface area contributed by atoms with E-state index in [1.165, 1.54) is 99.3 Å². The van der Waals surface area contributed by atoms with E-state index in [-0.39, 0.29) is 17.6 Å². The molecule has 2 aliphatic carbocycles. The molecule has 0 atom stereocenters. The highest BCUT2D eigenvalue weighted by Crippen LogP contribution is 2.56. The molecule has 0 radical (unpaired) electrons. The van der Waals surface area contributed by atoms with Crippen molar-refractivity contribution in [2.24, 2.45) is 23.3 Å². The highest BCUT2D eigenvalue weighted by atomic mass is 16.6. The van der Waals surface area contributed by atoms with E-state index in [0.717, 1.165) is 64.2 Å². The molecule has 4 N–H and O–H groups in total. The summed E-state index contributed by atoms with van der Waals surface area (Å²) in [6, 6.07) is 18.7. The van der Waals surface area contributed by atoms with Gasteiger partial charge in [0.2, 0.25) is 0 Å². The Labute approximate surface area is 297 Å². The van der Waals surface area contributed by atoms with Gasteiger partial charge in [0.15, 0.2) is 0 Å². The number of ether oxygens (including phenoxy) is 2. The van der Waals surface area contributed by atoms with E-state index in [4.69, 9.17) is 20.9 Å². The summed E-state index contributed by atoms with van der Waals surface area (Å²) in [5.74, 6) is 0.769. The predicted octanol–water partition coefficient (Wildman–Crippen LogP) is 11.1. The fourth-order valence-corrected chi connectivity index (χ4v) is 9.43. The number of aryl methyl sites for hydroxylation is 2. The van der Waals surface area contributed by atoms with Gasteiger partial charge in [-0.05, 0) is 111 Å². The first kappa shape index (κ1) is 38.8. The van der Waals surface area contributed by atoms with E-state index in [2.05, 4.69) is 62.4 Å². The first-order valence-electron chi connectivity index (χ1n) is 20.0. The minimum Gasteiger partial charge on any atom is -0.446 e. The van der Waals surface area contributed by atoms with Crippen LogP contribution in [-0.2, 0) is 27.7 Å². The number of amides is 2. The van der Waals surface area contributed by atoms with E-state index < -0.39 is 12.2 Å². The number of primary amides is 2. The molecule has 2 saturated carbocycles. The first-order chi connectivity index (χ1) is 23.9. The van der Waals surface area contributed by atoms with Crippen molar-refractivity contribution in [2.75, 3.05) is 0 Å². The molecule has 0 spiro atoms. The number of nitrogens with two attached hydrogens (primary N) is 2. The maximum atomic E-state index is 11.8. The third-order valence-corrected chi connectivity index (χ3v) is 11.7. The molecule has 0 aromatic heterocycles. The van der Waals surface area contributed by atoms with Crippen LogP contribution in [-0.4, -0.2) is 24.4 Å². The van der Waals surface area contributed by atoms with Crippen molar-refractivity contribution in [2.45, 2.75) is 173 Å². The summed E-state index contributed by atoms with van der Waals surface area (Å²) in [7, 11) is 0. The molecule has 272 valence electrons. The second kappa shape index (κ2) is 20.6. The molecular formula is C43H66N2O4. The van der Waals surface area contributed by atoms with E-state index in [1.54, 1.807) is 0 Å². The van der Waals surface area contributed by atoms with Gasteiger partial charge in [0.05, 0.1) is 0 Å². The predicted molar refractivity (Wildman–Crippen MR) is 201 cm³/mol. The van der Waals surface area contributed by atoms with Crippen molar-refractivity contribution in [3.8, 4) is 0 Å². The van der Waals surface area contributed by atoms with Crippen molar-refractivity contribution >= 4 is 12.2 Å². The molecule has 2 aromatic carbocycles.